The van der Waals surface area contributed by atoms with Crippen LogP contribution >= 0.6 is 35.6 Å². The quantitative estimate of drug-likeness (QED) is 0.502. The predicted octanol–water partition coefficient (Wildman–Crippen LogP) is 4.34. The number of pyridine rings is 1. The van der Waals surface area contributed by atoms with Crippen LogP contribution in [0.4, 0.5) is 0 Å². The van der Waals surface area contributed by atoms with Gasteiger partial charge in [0.25, 0.3) is 5.91 Å². The third kappa shape index (κ3) is 3.02. The van der Waals surface area contributed by atoms with E-state index >= 15 is 0 Å². The number of phenols is 1. The van der Waals surface area contributed by atoms with E-state index in [1.807, 2.05) is 0 Å². The van der Waals surface area contributed by atoms with Crippen LogP contribution in [0.25, 0.3) is 28.2 Å². The number of thioether (sulfide) groups is 1. The second-order valence-electron chi connectivity index (χ2n) is 5.27. The van der Waals surface area contributed by atoms with Gasteiger partial charge in [-0.1, -0.05) is 41.6 Å². The molecule has 2 aromatic heterocycles. The summed E-state index contributed by atoms with van der Waals surface area (Å²) in [4.78, 5) is 16.5. The van der Waals surface area contributed by atoms with E-state index in [1.54, 1.807) is 36.7 Å². The zero-order chi connectivity index (χ0) is 17.6. The molecule has 1 amide bonds. The second kappa shape index (κ2) is 6.18. The number of halogens is 1. The molecule has 1 fully saturated rings. The number of nitrogens with zero attached hydrogens (tertiary/aromatic N) is 1. The van der Waals surface area contributed by atoms with Crippen LogP contribution in [-0.2, 0) is 4.79 Å². The molecule has 3 heterocycles. The number of thiocarbonyl (C=S) groups is 1. The van der Waals surface area contributed by atoms with Gasteiger partial charge in [-0.15, -0.1) is 0 Å². The highest BCUT2D eigenvalue weighted by Gasteiger charge is 2.23. The number of benzene rings is 1. The van der Waals surface area contributed by atoms with Gasteiger partial charge < -0.3 is 14.8 Å². The van der Waals surface area contributed by atoms with Crippen molar-refractivity contribution in [2.24, 2.45) is 0 Å². The highest BCUT2D eigenvalue weighted by Crippen LogP contribution is 2.35. The van der Waals surface area contributed by atoms with Crippen LogP contribution < -0.4 is 5.32 Å². The Bertz CT molecular complexity index is 1070. The maximum Gasteiger partial charge on any atom is 0.263 e. The number of amides is 1. The van der Waals surface area contributed by atoms with Gasteiger partial charge in [0.15, 0.2) is 0 Å². The molecule has 4 rings (SSSR count). The van der Waals surface area contributed by atoms with Gasteiger partial charge >= 0.3 is 0 Å². The van der Waals surface area contributed by atoms with Crippen molar-refractivity contribution in [1.29, 1.82) is 0 Å². The molecule has 3 aromatic rings. The van der Waals surface area contributed by atoms with Crippen molar-refractivity contribution in [3.8, 4) is 16.9 Å². The van der Waals surface area contributed by atoms with Crippen molar-refractivity contribution in [3.05, 3.63) is 52.3 Å². The van der Waals surface area contributed by atoms with E-state index in [9.17, 15) is 9.90 Å². The Morgan fingerprint density at radius 1 is 1.32 bits per heavy atom. The molecule has 1 aliphatic heterocycles. The van der Waals surface area contributed by atoms with Crippen LogP contribution in [0.5, 0.6) is 5.75 Å². The zero-order valence-electron chi connectivity index (χ0n) is 12.4. The average Bonchev–Trinajstić information content (AvgIpc) is 3.12. The van der Waals surface area contributed by atoms with Crippen molar-refractivity contribution in [2.75, 3.05) is 0 Å². The molecule has 124 valence electrons. The minimum absolute atomic E-state index is 0.00987. The second-order valence-corrected chi connectivity index (χ2v) is 7.40. The van der Waals surface area contributed by atoms with Crippen LogP contribution in [0.1, 0.15) is 5.76 Å². The molecule has 8 heteroatoms. The van der Waals surface area contributed by atoms with Crippen molar-refractivity contribution >= 4 is 62.9 Å². The molecule has 1 saturated heterocycles. The van der Waals surface area contributed by atoms with E-state index in [0.717, 1.165) is 16.5 Å². The number of hydrogen-bond acceptors (Lipinski definition) is 6. The number of carbonyl (C=O) groups excluding carboxylic acids is 1. The Kier molecular flexibility index (Phi) is 3.99. The molecule has 5 nitrogen and oxygen atoms in total. The highest BCUT2D eigenvalue weighted by atomic mass is 35.5. The first kappa shape index (κ1) is 16.1. The van der Waals surface area contributed by atoms with Gasteiger partial charge in [0.1, 0.15) is 21.4 Å². The highest BCUT2D eigenvalue weighted by molar-refractivity contribution is 8.26. The average molecular weight is 389 g/mol. The first-order chi connectivity index (χ1) is 12.0. The molecule has 25 heavy (non-hydrogen) atoms. The van der Waals surface area contributed by atoms with Gasteiger partial charge in [-0.05, 0) is 23.8 Å². The molecule has 0 spiro atoms. The van der Waals surface area contributed by atoms with Gasteiger partial charge in [-0.25, -0.2) is 0 Å². The summed E-state index contributed by atoms with van der Waals surface area (Å²) in [6, 6.07) is 6.70. The van der Waals surface area contributed by atoms with Gasteiger partial charge in [-0.3, -0.25) is 9.78 Å². The van der Waals surface area contributed by atoms with Gasteiger partial charge in [-0.2, -0.15) is 0 Å². The van der Waals surface area contributed by atoms with E-state index in [0.29, 0.717) is 20.6 Å². The number of fused-ring (bicyclic) bond motifs is 1. The third-order valence-corrected chi connectivity index (χ3v) is 5.08. The van der Waals surface area contributed by atoms with Gasteiger partial charge in [0, 0.05) is 29.4 Å². The van der Waals surface area contributed by atoms with Crippen LogP contribution in [0.2, 0.25) is 5.02 Å². The number of phenolic OH excluding ortho intramolecular Hbond substituents is 1. The van der Waals surface area contributed by atoms with Crippen molar-refractivity contribution < 1.29 is 14.3 Å². The first-order valence-corrected chi connectivity index (χ1v) is 8.73. The fraction of sp³-hybridized carbons (Fsp3) is 0. The number of rotatable bonds is 2. The Morgan fingerprint density at radius 3 is 2.88 bits per heavy atom. The summed E-state index contributed by atoms with van der Waals surface area (Å²) in [5, 5.41) is 13.2. The lowest BCUT2D eigenvalue weighted by Gasteiger charge is -2.04. The normalized spacial score (nSPS) is 16.0. The Morgan fingerprint density at radius 2 is 2.16 bits per heavy atom. The van der Waals surface area contributed by atoms with Crippen LogP contribution in [0.3, 0.4) is 0 Å². The zero-order valence-corrected chi connectivity index (χ0v) is 14.8. The van der Waals surface area contributed by atoms with E-state index < -0.39 is 0 Å². The van der Waals surface area contributed by atoms with Gasteiger partial charge in [0.2, 0.25) is 0 Å². The number of hydrogen-bond donors (Lipinski definition) is 2. The maximum absolute atomic E-state index is 11.8. The summed E-state index contributed by atoms with van der Waals surface area (Å²) in [5.41, 5.74) is 2.13. The predicted molar refractivity (Wildman–Crippen MR) is 102 cm³/mol. The summed E-state index contributed by atoms with van der Waals surface area (Å²) in [7, 11) is 0. The monoisotopic (exact) mass is 388 g/mol. The minimum Gasteiger partial charge on any atom is -0.506 e. The Balaban J connectivity index is 1.81. The largest absolute Gasteiger partial charge is 0.506 e. The van der Waals surface area contributed by atoms with E-state index in [2.05, 4.69) is 10.3 Å². The maximum atomic E-state index is 11.8. The molecule has 1 aliphatic rings. The summed E-state index contributed by atoms with van der Waals surface area (Å²) < 4.78 is 6.34. The summed E-state index contributed by atoms with van der Waals surface area (Å²) in [6.45, 7) is 0. The molecule has 0 radical (unpaired) electrons. The standard InChI is InChI=1S/C17H9ClN2O3S2/c18-12-4-8(1-2-13(12)21)11-7-19-6-9-3-10(23-15(9)11)5-14-16(22)20-17(24)25-14/h1-7,21H,(H,20,22,24)/b14-5+. The third-order valence-electron chi connectivity index (χ3n) is 3.62. The summed E-state index contributed by atoms with van der Waals surface area (Å²) >= 11 is 12.2. The lowest BCUT2D eigenvalue weighted by molar-refractivity contribution is -0.115. The van der Waals surface area contributed by atoms with Crippen molar-refractivity contribution in [2.45, 2.75) is 0 Å². The van der Waals surface area contributed by atoms with E-state index in [-0.39, 0.29) is 16.7 Å². The number of aromatic nitrogens is 1. The van der Waals surface area contributed by atoms with Crippen LogP contribution in [0, 0.1) is 0 Å². The van der Waals surface area contributed by atoms with E-state index in [1.165, 1.54) is 17.8 Å². The molecule has 2 N–H and O–H groups in total. The van der Waals surface area contributed by atoms with Crippen molar-refractivity contribution in [1.82, 2.24) is 10.3 Å². The molecule has 1 aromatic carbocycles. The van der Waals surface area contributed by atoms with Crippen LogP contribution in [0.15, 0.2) is 46.0 Å². The number of nitrogens with one attached hydrogen (secondary N) is 1. The SMILES string of the molecule is O=C1NC(=S)S/C1=C/c1cc2cncc(-c3ccc(O)c(Cl)c3)c2o1. The lowest BCUT2D eigenvalue weighted by atomic mass is 10.1. The fourth-order valence-electron chi connectivity index (χ4n) is 2.48. The minimum atomic E-state index is -0.237. The molecule has 0 saturated carbocycles. The molecule has 0 atom stereocenters. The molecular weight excluding hydrogens is 380 g/mol. The molecule has 0 aliphatic carbocycles. The van der Waals surface area contributed by atoms with Gasteiger partial charge in [0.05, 0.1) is 9.93 Å². The Hall–Kier alpha value is -2.35. The van der Waals surface area contributed by atoms with Crippen LogP contribution in [-0.4, -0.2) is 20.3 Å². The van der Waals surface area contributed by atoms with Crippen molar-refractivity contribution in [3.63, 3.8) is 0 Å². The fourth-order valence-corrected chi connectivity index (χ4v) is 3.69. The number of aromatic hydroxyl groups is 1. The molecule has 0 unspecified atom stereocenters. The number of furan rings is 1. The lowest BCUT2D eigenvalue weighted by Crippen LogP contribution is -2.17. The molecule has 0 bridgehead atoms. The summed E-state index contributed by atoms with van der Waals surface area (Å²) in [6.07, 6.45) is 4.99. The number of carbonyl (C=O) groups is 1. The summed E-state index contributed by atoms with van der Waals surface area (Å²) in [5.74, 6) is 0.297. The Labute approximate surface area is 156 Å². The smallest absolute Gasteiger partial charge is 0.263 e. The molecular formula is C17H9ClN2O3S2. The van der Waals surface area contributed by atoms with E-state index in [4.69, 9.17) is 28.2 Å². The first-order valence-electron chi connectivity index (χ1n) is 7.12. The topological polar surface area (TPSA) is 75.4 Å².